The molecule has 0 aromatic heterocycles. The van der Waals surface area contributed by atoms with Gasteiger partial charge in [0.2, 0.25) is 6.67 Å². The van der Waals surface area contributed by atoms with Crippen LogP contribution in [0.2, 0.25) is 0 Å². The zero-order valence-electron chi connectivity index (χ0n) is 8.39. The molecule has 2 aliphatic rings. The molecule has 0 aliphatic carbocycles. The molecule has 2 bridgehead atoms. The summed E-state index contributed by atoms with van der Waals surface area (Å²) >= 11 is 11.7. The first-order valence-electron chi connectivity index (χ1n) is 5.06. The number of alkyl halides is 2. The first-order chi connectivity index (χ1) is 6.24. The summed E-state index contributed by atoms with van der Waals surface area (Å²) in [4.78, 5) is 0. The Labute approximate surface area is 102 Å². The molecular formula is C9H18Cl3N2+. The molecular weight excluding hydrogens is 242 g/mol. The zero-order chi connectivity index (χ0) is 9.36. The SMILES string of the molecule is ClCC[N+]12CC[N+](CCCl)(CC1)C2.[Cl-]. The van der Waals surface area contributed by atoms with Gasteiger partial charge in [-0.3, -0.25) is 8.97 Å². The molecule has 5 heteroatoms. The number of piperazine rings is 1. The topological polar surface area (TPSA) is 0 Å². The summed E-state index contributed by atoms with van der Waals surface area (Å²) in [6.07, 6.45) is 0. The summed E-state index contributed by atoms with van der Waals surface area (Å²) in [6.45, 7) is 8.90. The Morgan fingerprint density at radius 1 is 0.786 bits per heavy atom. The molecule has 0 aromatic carbocycles. The first-order valence-corrected chi connectivity index (χ1v) is 6.13. The number of halogens is 3. The van der Waals surface area contributed by atoms with Crippen LogP contribution < -0.4 is 12.4 Å². The Hall–Kier alpha value is 0.790. The monoisotopic (exact) mass is 259 g/mol. The summed E-state index contributed by atoms with van der Waals surface area (Å²) in [5.74, 6) is 1.61. The molecule has 0 unspecified atom stereocenters. The lowest BCUT2D eigenvalue weighted by molar-refractivity contribution is -0.985. The van der Waals surface area contributed by atoms with E-state index in [1.54, 1.807) is 0 Å². The van der Waals surface area contributed by atoms with Crippen molar-refractivity contribution in [2.24, 2.45) is 0 Å². The molecule has 0 atom stereocenters. The minimum absolute atomic E-state index is 0. The molecule has 2 heterocycles. The maximum absolute atomic E-state index is 5.84. The number of hydrogen-bond acceptors (Lipinski definition) is 0. The van der Waals surface area contributed by atoms with E-state index in [0.717, 1.165) is 24.8 Å². The van der Waals surface area contributed by atoms with Crippen molar-refractivity contribution in [3.8, 4) is 0 Å². The number of hydrogen-bond donors (Lipinski definition) is 0. The van der Waals surface area contributed by atoms with Crippen LogP contribution in [0.1, 0.15) is 0 Å². The van der Waals surface area contributed by atoms with Gasteiger partial charge in [-0.05, 0) is 0 Å². The quantitative estimate of drug-likeness (QED) is 0.409. The van der Waals surface area contributed by atoms with Crippen molar-refractivity contribution in [1.29, 1.82) is 0 Å². The van der Waals surface area contributed by atoms with Crippen LogP contribution in [-0.2, 0) is 0 Å². The van der Waals surface area contributed by atoms with Crippen molar-refractivity contribution < 1.29 is 21.4 Å². The molecule has 2 fully saturated rings. The van der Waals surface area contributed by atoms with Crippen LogP contribution in [-0.4, -0.2) is 66.7 Å². The fourth-order valence-electron chi connectivity index (χ4n) is 2.94. The largest absolute Gasteiger partial charge is 1.00 e. The first kappa shape index (κ1) is 12.9. The average molecular weight is 261 g/mol. The summed E-state index contributed by atoms with van der Waals surface area (Å²) in [5, 5.41) is 0. The van der Waals surface area contributed by atoms with E-state index in [0.29, 0.717) is 0 Å². The van der Waals surface area contributed by atoms with Crippen molar-refractivity contribution >= 4 is 23.2 Å². The molecule has 2 aliphatic heterocycles. The zero-order valence-corrected chi connectivity index (χ0v) is 10.7. The minimum Gasteiger partial charge on any atom is -1.00 e. The van der Waals surface area contributed by atoms with Gasteiger partial charge in [0.1, 0.15) is 26.2 Å². The van der Waals surface area contributed by atoms with Gasteiger partial charge < -0.3 is 12.4 Å². The molecule has 84 valence electrons. The van der Waals surface area contributed by atoms with Gasteiger partial charge in [0.05, 0.1) is 24.8 Å². The van der Waals surface area contributed by atoms with Crippen molar-refractivity contribution in [1.82, 2.24) is 0 Å². The summed E-state index contributed by atoms with van der Waals surface area (Å²) in [6, 6.07) is 0. The molecule has 2 rings (SSSR count). The third kappa shape index (κ3) is 2.14. The van der Waals surface area contributed by atoms with Crippen LogP contribution in [0.25, 0.3) is 0 Å². The third-order valence-corrected chi connectivity index (χ3v) is 4.15. The van der Waals surface area contributed by atoms with E-state index < -0.39 is 0 Å². The van der Waals surface area contributed by atoms with Gasteiger partial charge in [-0.25, -0.2) is 0 Å². The Morgan fingerprint density at radius 2 is 1.14 bits per heavy atom. The highest BCUT2D eigenvalue weighted by atomic mass is 35.5. The van der Waals surface area contributed by atoms with E-state index in [1.807, 2.05) is 0 Å². The fraction of sp³-hybridized carbons (Fsp3) is 1.00. The Morgan fingerprint density at radius 3 is 1.43 bits per heavy atom. The van der Waals surface area contributed by atoms with Crippen molar-refractivity contribution in [2.45, 2.75) is 0 Å². The highest BCUT2D eigenvalue weighted by Crippen LogP contribution is 2.31. The van der Waals surface area contributed by atoms with Crippen LogP contribution in [0.5, 0.6) is 0 Å². The highest BCUT2D eigenvalue weighted by molar-refractivity contribution is 6.18. The van der Waals surface area contributed by atoms with Gasteiger partial charge in [-0.15, -0.1) is 23.2 Å². The molecule has 2 saturated heterocycles. The van der Waals surface area contributed by atoms with Crippen molar-refractivity contribution in [2.75, 3.05) is 57.7 Å². The maximum Gasteiger partial charge on any atom is 0.208 e. The predicted octanol–water partition coefficient (Wildman–Crippen LogP) is -1.91. The van der Waals surface area contributed by atoms with Crippen LogP contribution in [0, 0.1) is 0 Å². The van der Waals surface area contributed by atoms with Gasteiger partial charge in [-0.2, -0.15) is 0 Å². The van der Waals surface area contributed by atoms with Gasteiger partial charge in [0.25, 0.3) is 0 Å². The lowest BCUT2D eigenvalue weighted by atomic mass is 10.3. The number of fused-ring (bicyclic) bond motifs is 2. The number of quaternary nitrogens is 2. The second-order valence-corrected chi connectivity index (χ2v) is 5.30. The lowest BCUT2D eigenvalue weighted by Crippen LogP contribution is -3.00. The smallest absolute Gasteiger partial charge is 0.208 e. The summed E-state index contributed by atoms with van der Waals surface area (Å²) in [5.41, 5.74) is 0. The fourth-order valence-corrected chi connectivity index (χ4v) is 3.66. The van der Waals surface area contributed by atoms with Crippen molar-refractivity contribution in [3.05, 3.63) is 0 Å². The normalized spacial score (nSPS) is 39.9. The van der Waals surface area contributed by atoms with E-state index in [2.05, 4.69) is 0 Å². The standard InChI is InChI=1S/C9H18Cl2N2.ClH/c10-1-3-12-5-7-13(9-12,4-2-11)8-6-12;/h1-9H2;1H/q+2;/p-1. The average Bonchev–Trinajstić information content (AvgIpc) is 2.61. The van der Waals surface area contributed by atoms with E-state index >= 15 is 0 Å². The molecule has 14 heavy (non-hydrogen) atoms. The Bertz CT molecular complexity index is 170. The second-order valence-electron chi connectivity index (χ2n) is 4.54. The minimum atomic E-state index is 0. The predicted molar refractivity (Wildman–Crippen MR) is 56.0 cm³/mol. The molecule has 0 aromatic rings. The molecule has 0 N–H and O–H groups in total. The van der Waals surface area contributed by atoms with Gasteiger partial charge in [0, 0.05) is 0 Å². The van der Waals surface area contributed by atoms with Gasteiger partial charge in [0.15, 0.2) is 0 Å². The molecule has 0 spiro atoms. The van der Waals surface area contributed by atoms with Crippen LogP contribution >= 0.6 is 23.2 Å². The van der Waals surface area contributed by atoms with Crippen LogP contribution in [0.3, 0.4) is 0 Å². The number of rotatable bonds is 4. The van der Waals surface area contributed by atoms with E-state index in [9.17, 15) is 0 Å². The maximum atomic E-state index is 5.84. The lowest BCUT2D eigenvalue weighted by Gasteiger charge is -2.26. The molecule has 2 nitrogen and oxygen atoms in total. The molecule has 0 saturated carbocycles. The van der Waals surface area contributed by atoms with Crippen molar-refractivity contribution in [3.63, 3.8) is 0 Å². The van der Waals surface area contributed by atoms with E-state index in [-0.39, 0.29) is 12.4 Å². The Balaban J connectivity index is 0.000000980. The van der Waals surface area contributed by atoms with Gasteiger partial charge in [-0.1, -0.05) is 0 Å². The summed E-state index contributed by atoms with van der Waals surface area (Å²) < 4.78 is 2.53. The Kier molecular flexibility index (Phi) is 4.36. The molecule has 0 amide bonds. The van der Waals surface area contributed by atoms with E-state index in [1.165, 1.54) is 41.8 Å². The van der Waals surface area contributed by atoms with Crippen LogP contribution in [0.4, 0.5) is 0 Å². The second kappa shape index (κ2) is 4.75. The number of nitrogens with zero attached hydrogens (tertiary/aromatic N) is 2. The van der Waals surface area contributed by atoms with E-state index in [4.69, 9.17) is 23.2 Å². The molecule has 0 radical (unpaired) electrons. The highest BCUT2D eigenvalue weighted by Gasteiger charge is 2.54. The van der Waals surface area contributed by atoms with Gasteiger partial charge >= 0.3 is 0 Å². The summed E-state index contributed by atoms with van der Waals surface area (Å²) in [7, 11) is 0. The van der Waals surface area contributed by atoms with Crippen LogP contribution in [0.15, 0.2) is 0 Å². The third-order valence-electron chi connectivity index (χ3n) is 3.82.